The van der Waals surface area contributed by atoms with Crippen LogP contribution in [0.5, 0.6) is 0 Å². The summed E-state index contributed by atoms with van der Waals surface area (Å²) in [4.78, 5) is 0. The maximum atomic E-state index is 12.2. The SMILES string of the molecule is CCn1cc(CNCc2ccn(CCF)n2)c(C)n1.Cl. The third kappa shape index (κ3) is 4.31. The highest BCUT2D eigenvalue weighted by Crippen LogP contribution is 2.05. The molecule has 0 saturated heterocycles. The molecular weight excluding hydrogens is 281 g/mol. The summed E-state index contributed by atoms with van der Waals surface area (Å²) in [6.45, 7) is 6.35. The summed E-state index contributed by atoms with van der Waals surface area (Å²) in [6.07, 6.45) is 3.86. The monoisotopic (exact) mass is 301 g/mol. The van der Waals surface area contributed by atoms with E-state index in [1.54, 1.807) is 10.9 Å². The molecule has 0 fully saturated rings. The van der Waals surface area contributed by atoms with Crippen molar-refractivity contribution in [2.45, 2.75) is 40.0 Å². The fourth-order valence-electron chi connectivity index (χ4n) is 1.93. The van der Waals surface area contributed by atoms with Crippen LogP contribution in [0.2, 0.25) is 0 Å². The molecule has 0 spiro atoms. The number of rotatable bonds is 7. The van der Waals surface area contributed by atoms with Gasteiger partial charge in [0.2, 0.25) is 0 Å². The second kappa shape index (κ2) is 8.01. The molecule has 20 heavy (non-hydrogen) atoms. The summed E-state index contributed by atoms with van der Waals surface area (Å²) in [7, 11) is 0. The molecule has 2 heterocycles. The smallest absolute Gasteiger partial charge is 0.109 e. The van der Waals surface area contributed by atoms with Crippen LogP contribution in [0.25, 0.3) is 0 Å². The lowest BCUT2D eigenvalue weighted by molar-refractivity contribution is 0.425. The van der Waals surface area contributed by atoms with Gasteiger partial charge in [-0.25, -0.2) is 4.39 Å². The summed E-state index contributed by atoms with van der Waals surface area (Å²) in [5, 5.41) is 12.0. The first-order valence-electron chi connectivity index (χ1n) is 6.55. The van der Waals surface area contributed by atoms with E-state index in [4.69, 9.17) is 0 Å². The Morgan fingerprint density at radius 3 is 2.70 bits per heavy atom. The Morgan fingerprint density at radius 1 is 1.25 bits per heavy atom. The van der Waals surface area contributed by atoms with Gasteiger partial charge in [0.15, 0.2) is 0 Å². The van der Waals surface area contributed by atoms with Gasteiger partial charge in [-0.3, -0.25) is 9.36 Å². The van der Waals surface area contributed by atoms with Crippen molar-refractivity contribution in [2.75, 3.05) is 6.67 Å². The Labute approximate surface area is 124 Å². The van der Waals surface area contributed by atoms with Crippen molar-refractivity contribution in [1.82, 2.24) is 24.9 Å². The maximum absolute atomic E-state index is 12.2. The molecule has 0 amide bonds. The fraction of sp³-hybridized carbons (Fsp3) is 0.538. The van der Waals surface area contributed by atoms with Crippen LogP contribution in [0.3, 0.4) is 0 Å². The molecule has 1 N–H and O–H groups in total. The molecule has 2 aromatic rings. The summed E-state index contributed by atoms with van der Waals surface area (Å²) in [5.41, 5.74) is 3.18. The van der Waals surface area contributed by atoms with Crippen molar-refractivity contribution >= 4 is 12.4 Å². The Balaban J connectivity index is 0.00000200. The normalized spacial score (nSPS) is 10.6. The minimum atomic E-state index is -0.385. The molecule has 2 aromatic heterocycles. The molecule has 2 rings (SSSR count). The second-order valence-electron chi connectivity index (χ2n) is 4.46. The molecule has 7 heteroatoms. The molecule has 0 bridgehead atoms. The van der Waals surface area contributed by atoms with E-state index in [2.05, 4.69) is 28.6 Å². The van der Waals surface area contributed by atoms with E-state index in [9.17, 15) is 4.39 Å². The lowest BCUT2D eigenvalue weighted by atomic mass is 10.2. The number of alkyl halides is 1. The van der Waals surface area contributed by atoms with Crippen LogP contribution < -0.4 is 5.32 Å². The number of hydrogen-bond acceptors (Lipinski definition) is 3. The van der Waals surface area contributed by atoms with Gasteiger partial charge in [-0.2, -0.15) is 10.2 Å². The maximum Gasteiger partial charge on any atom is 0.109 e. The summed E-state index contributed by atoms with van der Waals surface area (Å²) < 4.78 is 15.7. The van der Waals surface area contributed by atoms with Crippen LogP contribution in [0.15, 0.2) is 18.5 Å². The van der Waals surface area contributed by atoms with Crippen LogP contribution in [0, 0.1) is 6.92 Å². The van der Waals surface area contributed by atoms with Gasteiger partial charge in [-0.15, -0.1) is 12.4 Å². The highest BCUT2D eigenvalue weighted by atomic mass is 35.5. The number of nitrogens with zero attached hydrogens (tertiary/aromatic N) is 4. The topological polar surface area (TPSA) is 47.7 Å². The third-order valence-electron chi connectivity index (χ3n) is 3.00. The van der Waals surface area contributed by atoms with E-state index < -0.39 is 0 Å². The van der Waals surface area contributed by atoms with E-state index in [0.717, 1.165) is 24.5 Å². The van der Waals surface area contributed by atoms with Gasteiger partial charge in [0, 0.05) is 37.6 Å². The van der Waals surface area contributed by atoms with Crippen molar-refractivity contribution in [3.05, 3.63) is 35.4 Å². The Kier molecular flexibility index (Phi) is 6.67. The molecule has 0 atom stereocenters. The van der Waals surface area contributed by atoms with Crippen LogP contribution >= 0.6 is 12.4 Å². The van der Waals surface area contributed by atoms with Crippen LogP contribution in [-0.2, 0) is 26.2 Å². The Hall–Kier alpha value is -1.40. The minimum Gasteiger partial charge on any atom is -0.307 e. The van der Waals surface area contributed by atoms with Crippen molar-refractivity contribution in [2.24, 2.45) is 0 Å². The standard InChI is InChI=1S/C13H20FN5.ClH/c1-3-18-10-12(11(2)16-18)8-15-9-13-4-6-19(17-13)7-5-14;/h4,6,10,15H,3,5,7-9H2,1-2H3;1H. The number of hydrogen-bond donors (Lipinski definition) is 1. The average molecular weight is 302 g/mol. The summed E-state index contributed by atoms with van der Waals surface area (Å²) in [5.74, 6) is 0. The molecule has 112 valence electrons. The fourth-order valence-corrected chi connectivity index (χ4v) is 1.93. The molecular formula is C13H21ClFN5. The summed E-state index contributed by atoms with van der Waals surface area (Å²) >= 11 is 0. The zero-order valence-corrected chi connectivity index (χ0v) is 12.7. The highest BCUT2D eigenvalue weighted by molar-refractivity contribution is 5.85. The van der Waals surface area contributed by atoms with E-state index in [1.165, 1.54) is 5.56 Å². The largest absolute Gasteiger partial charge is 0.307 e. The first kappa shape index (κ1) is 16.7. The molecule has 0 saturated carbocycles. The lowest BCUT2D eigenvalue weighted by Crippen LogP contribution is -2.14. The molecule has 0 aromatic carbocycles. The van der Waals surface area contributed by atoms with Gasteiger partial charge in [0.05, 0.1) is 17.9 Å². The van der Waals surface area contributed by atoms with Gasteiger partial charge in [-0.05, 0) is 19.9 Å². The van der Waals surface area contributed by atoms with Gasteiger partial charge < -0.3 is 5.32 Å². The van der Waals surface area contributed by atoms with Crippen LogP contribution in [-0.4, -0.2) is 26.2 Å². The predicted molar refractivity (Wildman–Crippen MR) is 78.6 cm³/mol. The van der Waals surface area contributed by atoms with Gasteiger partial charge >= 0.3 is 0 Å². The zero-order valence-electron chi connectivity index (χ0n) is 11.8. The van der Waals surface area contributed by atoms with Crippen molar-refractivity contribution in [1.29, 1.82) is 0 Å². The molecule has 0 aliphatic heterocycles. The van der Waals surface area contributed by atoms with E-state index in [-0.39, 0.29) is 19.1 Å². The predicted octanol–water partition coefficient (Wildman–Crippen LogP) is 2.09. The molecule has 0 aliphatic rings. The number of nitrogens with one attached hydrogen (secondary N) is 1. The summed E-state index contributed by atoms with van der Waals surface area (Å²) in [6, 6.07) is 1.91. The van der Waals surface area contributed by atoms with Gasteiger partial charge in [0.1, 0.15) is 6.67 Å². The van der Waals surface area contributed by atoms with Crippen LogP contribution in [0.1, 0.15) is 23.9 Å². The Morgan fingerprint density at radius 2 is 2.05 bits per heavy atom. The molecule has 0 radical (unpaired) electrons. The average Bonchev–Trinajstić information content (AvgIpc) is 2.98. The minimum absolute atomic E-state index is 0. The van der Waals surface area contributed by atoms with Gasteiger partial charge in [0.25, 0.3) is 0 Å². The highest BCUT2D eigenvalue weighted by Gasteiger charge is 2.04. The van der Waals surface area contributed by atoms with Crippen LogP contribution in [0.4, 0.5) is 4.39 Å². The second-order valence-corrected chi connectivity index (χ2v) is 4.46. The van der Waals surface area contributed by atoms with E-state index >= 15 is 0 Å². The number of aromatic nitrogens is 4. The quantitative estimate of drug-likeness (QED) is 0.852. The molecule has 0 unspecified atom stereocenters. The number of halogens is 2. The number of aryl methyl sites for hydroxylation is 3. The van der Waals surface area contributed by atoms with Gasteiger partial charge in [-0.1, -0.05) is 0 Å². The lowest BCUT2D eigenvalue weighted by Gasteiger charge is -2.01. The first-order chi connectivity index (χ1) is 9.22. The van der Waals surface area contributed by atoms with Crippen molar-refractivity contribution < 1.29 is 4.39 Å². The van der Waals surface area contributed by atoms with E-state index in [0.29, 0.717) is 13.1 Å². The Bertz CT molecular complexity index is 523. The molecule has 0 aliphatic carbocycles. The first-order valence-corrected chi connectivity index (χ1v) is 6.55. The molecule has 5 nitrogen and oxygen atoms in total. The zero-order chi connectivity index (χ0) is 13.7. The third-order valence-corrected chi connectivity index (χ3v) is 3.00. The van der Waals surface area contributed by atoms with E-state index in [1.807, 2.05) is 17.7 Å². The van der Waals surface area contributed by atoms with Crippen molar-refractivity contribution in [3.63, 3.8) is 0 Å². The van der Waals surface area contributed by atoms with Crippen molar-refractivity contribution in [3.8, 4) is 0 Å².